The lowest BCUT2D eigenvalue weighted by atomic mass is 10.1. The fourth-order valence-corrected chi connectivity index (χ4v) is 3.12. The number of fused-ring (bicyclic) bond motifs is 1. The first kappa shape index (κ1) is 15.8. The standard InChI is InChI=1S/C16H18ClN3O3/c1-8-11-5-9(17)3-4-12(11)20-14(8)15(21)19-10-6-13(18-7-10)16(22)23-2/h3-5,10,13,18,20H,6-7H2,1-2H3,(H,19,21)/t10-,13+/m1/s1. The average molecular weight is 336 g/mol. The molecule has 3 N–H and O–H groups in total. The van der Waals surface area contributed by atoms with Crippen LogP contribution in [0.2, 0.25) is 5.02 Å². The number of benzene rings is 1. The smallest absolute Gasteiger partial charge is 0.322 e. The molecule has 1 aliphatic heterocycles. The third kappa shape index (κ3) is 3.04. The largest absolute Gasteiger partial charge is 0.468 e. The van der Waals surface area contributed by atoms with Gasteiger partial charge in [-0.2, -0.15) is 0 Å². The highest BCUT2D eigenvalue weighted by atomic mass is 35.5. The molecule has 1 aromatic carbocycles. The number of carbonyl (C=O) groups excluding carboxylic acids is 2. The molecule has 0 aliphatic carbocycles. The van der Waals surface area contributed by atoms with E-state index >= 15 is 0 Å². The maximum absolute atomic E-state index is 12.5. The first-order chi connectivity index (χ1) is 11.0. The van der Waals surface area contributed by atoms with E-state index in [9.17, 15) is 9.59 Å². The van der Waals surface area contributed by atoms with Crippen molar-refractivity contribution in [1.82, 2.24) is 15.6 Å². The topological polar surface area (TPSA) is 83.2 Å². The van der Waals surface area contributed by atoms with Crippen LogP contribution in [-0.4, -0.2) is 42.6 Å². The van der Waals surface area contributed by atoms with E-state index in [0.717, 1.165) is 16.5 Å². The number of rotatable bonds is 3. The van der Waals surface area contributed by atoms with Crippen LogP contribution in [0.1, 0.15) is 22.5 Å². The molecule has 0 spiro atoms. The molecule has 0 saturated carbocycles. The zero-order valence-electron chi connectivity index (χ0n) is 12.9. The summed E-state index contributed by atoms with van der Waals surface area (Å²) in [5.41, 5.74) is 2.24. The summed E-state index contributed by atoms with van der Waals surface area (Å²) in [4.78, 5) is 27.1. The van der Waals surface area contributed by atoms with Crippen LogP contribution in [0.5, 0.6) is 0 Å². The summed E-state index contributed by atoms with van der Waals surface area (Å²) in [6, 6.07) is 4.99. The van der Waals surface area contributed by atoms with Crippen LogP contribution >= 0.6 is 11.6 Å². The van der Waals surface area contributed by atoms with Crippen molar-refractivity contribution in [2.24, 2.45) is 0 Å². The van der Waals surface area contributed by atoms with Gasteiger partial charge in [-0.15, -0.1) is 0 Å². The van der Waals surface area contributed by atoms with Crippen LogP contribution < -0.4 is 10.6 Å². The molecule has 1 aromatic heterocycles. The Hall–Kier alpha value is -2.05. The zero-order valence-corrected chi connectivity index (χ0v) is 13.7. The highest BCUT2D eigenvalue weighted by Crippen LogP contribution is 2.25. The molecule has 23 heavy (non-hydrogen) atoms. The van der Waals surface area contributed by atoms with Crippen molar-refractivity contribution in [3.63, 3.8) is 0 Å². The molecule has 0 radical (unpaired) electrons. The lowest BCUT2D eigenvalue weighted by molar-refractivity contribution is -0.142. The van der Waals surface area contributed by atoms with Gasteiger partial charge in [-0.25, -0.2) is 0 Å². The lowest BCUT2D eigenvalue weighted by Gasteiger charge is -2.11. The molecule has 2 aromatic rings. The number of aryl methyl sites for hydroxylation is 1. The van der Waals surface area contributed by atoms with Crippen molar-refractivity contribution in [2.75, 3.05) is 13.7 Å². The van der Waals surface area contributed by atoms with E-state index in [1.165, 1.54) is 7.11 Å². The van der Waals surface area contributed by atoms with E-state index in [2.05, 4.69) is 15.6 Å². The number of ether oxygens (including phenoxy) is 1. The Bertz CT molecular complexity index is 771. The molecular formula is C16H18ClN3O3. The first-order valence-electron chi connectivity index (χ1n) is 7.39. The van der Waals surface area contributed by atoms with Crippen molar-refractivity contribution < 1.29 is 14.3 Å². The molecule has 2 heterocycles. The molecule has 0 bridgehead atoms. The Morgan fingerprint density at radius 3 is 2.91 bits per heavy atom. The number of carbonyl (C=O) groups is 2. The van der Waals surface area contributed by atoms with Gasteiger partial charge in [0.05, 0.1) is 7.11 Å². The maximum Gasteiger partial charge on any atom is 0.322 e. The molecule has 6 nitrogen and oxygen atoms in total. The molecule has 1 aliphatic rings. The van der Waals surface area contributed by atoms with Gasteiger partial charge >= 0.3 is 5.97 Å². The summed E-state index contributed by atoms with van der Waals surface area (Å²) in [6.45, 7) is 2.42. The van der Waals surface area contributed by atoms with Gasteiger partial charge in [0.25, 0.3) is 5.91 Å². The number of H-pyrrole nitrogens is 1. The van der Waals surface area contributed by atoms with Gasteiger partial charge in [-0.3, -0.25) is 9.59 Å². The van der Waals surface area contributed by atoms with Crippen molar-refractivity contribution in [3.05, 3.63) is 34.5 Å². The average Bonchev–Trinajstić information content (AvgIpc) is 3.12. The minimum Gasteiger partial charge on any atom is -0.468 e. The summed E-state index contributed by atoms with van der Waals surface area (Å²) >= 11 is 6.01. The number of aromatic amines is 1. The fourth-order valence-electron chi connectivity index (χ4n) is 2.95. The third-order valence-electron chi connectivity index (χ3n) is 4.20. The summed E-state index contributed by atoms with van der Waals surface area (Å²) in [6.07, 6.45) is 0.517. The summed E-state index contributed by atoms with van der Waals surface area (Å²) in [7, 11) is 1.36. The van der Waals surface area contributed by atoms with Crippen LogP contribution in [0.3, 0.4) is 0 Å². The van der Waals surface area contributed by atoms with E-state index in [1.807, 2.05) is 19.1 Å². The van der Waals surface area contributed by atoms with Gasteiger partial charge < -0.3 is 20.4 Å². The van der Waals surface area contributed by atoms with Gasteiger partial charge in [0.1, 0.15) is 11.7 Å². The van der Waals surface area contributed by atoms with Gasteiger partial charge in [0.2, 0.25) is 0 Å². The van der Waals surface area contributed by atoms with Gasteiger partial charge in [0, 0.05) is 28.5 Å². The minimum absolute atomic E-state index is 0.110. The van der Waals surface area contributed by atoms with Crippen molar-refractivity contribution in [2.45, 2.75) is 25.4 Å². The quantitative estimate of drug-likeness (QED) is 0.746. The highest BCUT2D eigenvalue weighted by Gasteiger charge is 2.31. The number of nitrogens with one attached hydrogen (secondary N) is 3. The number of esters is 1. The Morgan fingerprint density at radius 2 is 2.17 bits per heavy atom. The molecule has 1 fully saturated rings. The number of methoxy groups -OCH3 is 1. The minimum atomic E-state index is -0.368. The van der Waals surface area contributed by atoms with Crippen molar-refractivity contribution in [1.29, 1.82) is 0 Å². The van der Waals surface area contributed by atoms with E-state index in [4.69, 9.17) is 16.3 Å². The number of halogens is 1. The highest BCUT2D eigenvalue weighted by molar-refractivity contribution is 6.31. The summed E-state index contributed by atoms with van der Waals surface area (Å²) < 4.78 is 4.71. The summed E-state index contributed by atoms with van der Waals surface area (Å²) in [5.74, 6) is -0.495. The second kappa shape index (κ2) is 6.22. The van der Waals surface area contributed by atoms with E-state index in [-0.39, 0.29) is 24.0 Å². The SMILES string of the molecule is COC(=O)[C@@H]1C[C@@H](NC(=O)c2[nH]c3ccc(Cl)cc3c2C)CN1. The van der Waals surface area contributed by atoms with Crippen LogP contribution in [0.25, 0.3) is 10.9 Å². The van der Waals surface area contributed by atoms with E-state index in [1.54, 1.807) is 6.07 Å². The second-order valence-electron chi connectivity index (χ2n) is 5.70. The molecule has 3 rings (SSSR count). The van der Waals surface area contributed by atoms with Crippen molar-refractivity contribution >= 4 is 34.4 Å². The maximum atomic E-state index is 12.5. The Kier molecular flexibility index (Phi) is 4.28. The van der Waals surface area contributed by atoms with Gasteiger partial charge in [-0.1, -0.05) is 11.6 Å². The Labute approximate surface area is 138 Å². The number of aromatic nitrogens is 1. The third-order valence-corrected chi connectivity index (χ3v) is 4.43. The monoisotopic (exact) mass is 335 g/mol. The predicted octanol–water partition coefficient (Wildman–Crippen LogP) is 1.76. The van der Waals surface area contributed by atoms with Crippen LogP contribution in [-0.2, 0) is 9.53 Å². The molecular weight excluding hydrogens is 318 g/mol. The molecule has 2 atom stereocenters. The van der Waals surface area contributed by atoms with Gasteiger partial charge in [0.15, 0.2) is 0 Å². The van der Waals surface area contributed by atoms with Crippen LogP contribution in [0.4, 0.5) is 0 Å². The molecule has 1 saturated heterocycles. The predicted molar refractivity (Wildman–Crippen MR) is 87.7 cm³/mol. The number of hydrogen-bond donors (Lipinski definition) is 3. The Morgan fingerprint density at radius 1 is 1.39 bits per heavy atom. The number of amides is 1. The molecule has 122 valence electrons. The van der Waals surface area contributed by atoms with E-state index in [0.29, 0.717) is 23.7 Å². The first-order valence-corrected chi connectivity index (χ1v) is 7.77. The molecule has 0 unspecified atom stereocenters. The van der Waals surface area contributed by atoms with Gasteiger partial charge in [-0.05, 0) is 37.1 Å². The number of hydrogen-bond acceptors (Lipinski definition) is 4. The Balaban J connectivity index is 1.74. The fraction of sp³-hybridized carbons (Fsp3) is 0.375. The lowest BCUT2D eigenvalue weighted by Crippen LogP contribution is -2.36. The van der Waals surface area contributed by atoms with E-state index < -0.39 is 0 Å². The van der Waals surface area contributed by atoms with Crippen molar-refractivity contribution in [3.8, 4) is 0 Å². The summed E-state index contributed by atoms with van der Waals surface area (Å²) in [5, 5.41) is 7.56. The van der Waals surface area contributed by atoms with Crippen LogP contribution in [0, 0.1) is 6.92 Å². The van der Waals surface area contributed by atoms with Crippen LogP contribution in [0.15, 0.2) is 18.2 Å². The zero-order chi connectivity index (χ0) is 16.6. The molecule has 1 amide bonds. The molecule has 7 heteroatoms. The normalized spacial score (nSPS) is 20.7. The second-order valence-corrected chi connectivity index (χ2v) is 6.14.